The largest absolute Gasteiger partial charge is 0.494 e. The lowest BCUT2D eigenvalue weighted by atomic mass is 10.0. The van der Waals surface area contributed by atoms with Gasteiger partial charge in [-0.2, -0.15) is 0 Å². The number of amides is 1. The van der Waals surface area contributed by atoms with Crippen LogP contribution in [0.25, 0.3) is 0 Å². The summed E-state index contributed by atoms with van der Waals surface area (Å²) in [5, 5.41) is 2.93. The van der Waals surface area contributed by atoms with Gasteiger partial charge in [-0.15, -0.1) is 11.8 Å². The van der Waals surface area contributed by atoms with Gasteiger partial charge in [-0.05, 0) is 75.8 Å². The fourth-order valence-corrected chi connectivity index (χ4v) is 5.92. The Morgan fingerprint density at radius 1 is 0.733 bits per heavy atom. The fourth-order valence-electron chi connectivity index (χ4n) is 5.35. The Hall–Kier alpha value is -2.47. The maximum absolute atomic E-state index is 12.7. The Balaban J connectivity index is 1.54. The summed E-state index contributed by atoms with van der Waals surface area (Å²) in [6.45, 7) is 8.56. The molecule has 1 amide bonds. The minimum atomic E-state index is -0.585. The molecule has 6 heteroatoms. The lowest BCUT2D eigenvalue weighted by Gasteiger charge is -2.20. The van der Waals surface area contributed by atoms with Gasteiger partial charge < -0.3 is 14.8 Å². The molecule has 0 fully saturated rings. The van der Waals surface area contributed by atoms with Crippen molar-refractivity contribution in [1.82, 2.24) is 0 Å². The highest BCUT2D eigenvalue weighted by atomic mass is 32.2. The number of esters is 1. The number of thioether (sulfide) groups is 1. The highest BCUT2D eigenvalue weighted by molar-refractivity contribution is 7.98. The molecule has 0 radical (unpaired) electrons. The monoisotopic (exact) mass is 639 g/mol. The van der Waals surface area contributed by atoms with Crippen LogP contribution in [-0.2, 0) is 16.0 Å². The van der Waals surface area contributed by atoms with Crippen molar-refractivity contribution in [3.8, 4) is 5.75 Å². The molecule has 1 N–H and O–H groups in total. The second-order valence-electron chi connectivity index (χ2n) is 13.3. The topological polar surface area (TPSA) is 64.6 Å². The second-order valence-corrected chi connectivity index (χ2v) is 14.1. The molecule has 0 spiro atoms. The molecule has 2 rings (SSSR count). The number of hydrogen-bond acceptors (Lipinski definition) is 5. The third-order valence-electron chi connectivity index (χ3n) is 7.93. The fraction of sp³-hybridized carbons (Fsp3) is 0.641. The van der Waals surface area contributed by atoms with Gasteiger partial charge >= 0.3 is 5.97 Å². The summed E-state index contributed by atoms with van der Waals surface area (Å²) in [6.07, 6.45) is 24.8. The molecular weight excluding hydrogens is 578 g/mol. The van der Waals surface area contributed by atoms with Crippen molar-refractivity contribution in [2.45, 2.75) is 154 Å². The van der Waals surface area contributed by atoms with Gasteiger partial charge in [-0.1, -0.05) is 115 Å². The van der Waals surface area contributed by atoms with Crippen LogP contribution in [0.5, 0.6) is 5.75 Å². The van der Waals surface area contributed by atoms with Gasteiger partial charge in [0.15, 0.2) is 0 Å². The van der Waals surface area contributed by atoms with Crippen molar-refractivity contribution in [3.05, 3.63) is 53.6 Å². The first-order valence-corrected chi connectivity index (χ1v) is 18.9. The standard InChI is InChI=1S/C39H61NO4S/c1-6-7-8-9-10-11-12-13-14-15-16-17-18-19-20-21-30-43-34-26-22-32(23-27-34)24-29-37(41)40-33-25-28-36(45-5)35(31-33)38(42)44-39(2,3)4/h22-23,25-28,31H,6-21,24,29-30H2,1-5H3,(H,40,41). The van der Waals surface area contributed by atoms with Crippen LogP contribution < -0.4 is 10.1 Å². The van der Waals surface area contributed by atoms with E-state index >= 15 is 0 Å². The summed E-state index contributed by atoms with van der Waals surface area (Å²) in [5.41, 5.74) is 1.56. The summed E-state index contributed by atoms with van der Waals surface area (Å²) in [7, 11) is 0. The van der Waals surface area contributed by atoms with Gasteiger partial charge in [0.2, 0.25) is 5.91 Å². The van der Waals surface area contributed by atoms with Crippen LogP contribution in [0, 0.1) is 0 Å². The molecule has 0 saturated heterocycles. The quantitative estimate of drug-likeness (QED) is 0.0703. The predicted molar refractivity (Wildman–Crippen MR) is 192 cm³/mol. The van der Waals surface area contributed by atoms with Crippen molar-refractivity contribution in [3.63, 3.8) is 0 Å². The Kier molecular flexibility index (Phi) is 19.7. The molecule has 2 aromatic rings. The summed E-state index contributed by atoms with van der Waals surface area (Å²) in [6, 6.07) is 13.4. The highest BCUT2D eigenvalue weighted by Gasteiger charge is 2.21. The number of anilines is 1. The van der Waals surface area contributed by atoms with Gasteiger partial charge in [0.25, 0.3) is 0 Å². The zero-order valence-electron chi connectivity index (χ0n) is 29.0. The van der Waals surface area contributed by atoms with E-state index in [1.807, 2.05) is 63.4 Å². The molecule has 0 aliphatic heterocycles. The molecule has 0 aromatic heterocycles. The lowest BCUT2D eigenvalue weighted by molar-refractivity contribution is -0.116. The van der Waals surface area contributed by atoms with E-state index < -0.39 is 5.60 Å². The molecule has 0 saturated carbocycles. The minimum absolute atomic E-state index is 0.0918. The average Bonchev–Trinajstić information content (AvgIpc) is 3.01. The smallest absolute Gasteiger partial charge is 0.339 e. The molecule has 5 nitrogen and oxygen atoms in total. The normalized spacial score (nSPS) is 11.4. The molecule has 0 heterocycles. The first-order valence-electron chi connectivity index (χ1n) is 17.6. The van der Waals surface area contributed by atoms with E-state index in [9.17, 15) is 9.59 Å². The van der Waals surface area contributed by atoms with Crippen LogP contribution in [0.4, 0.5) is 5.69 Å². The predicted octanol–water partition coefficient (Wildman–Crippen LogP) is 11.6. The molecule has 0 unspecified atom stereocenters. The Bertz CT molecular complexity index is 1090. The Morgan fingerprint density at radius 3 is 1.78 bits per heavy atom. The first-order chi connectivity index (χ1) is 21.7. The van der Waals surface area contributed by atoms with E-state index in [4.69, 9.17) is 9.47 Å². The molecule has 0 aliphatic rings. The van der Waals surface area contributed by atoms with E-state index in [0.29, 0.717) is 24.1 Å². The number of carbonyl (C=O) groups is 2. The van der Waals surface area contributed by atoms with E-state index in [0.717, 1.165) is 29.2 Å². The summed E-state index contributed by atoms with van der Waals surface area (Å²) in [5.74, 6) is 0.402. The molecule has 252 valence electrons. The zero-order chi connectivity index (χ0) is 32.8. The molecule has 0 aliphatic carbocycles. The Morgan fingerprint density at radius 2 is 1.27 bits per heavy atom. The van der Waals surface area contributed by atoms with Gasteiger partial charge in [0, 0.05) is 17.0 Å². The molecule has 0 bridgehead atoms. The first kappa shape index (κ1) is 38.7. The van der Waals surface area contributed by atoms with Crippen LogP contribution in [0.15, 0.2) is 47.4 Å². The third kappa shape index (κ3) is 18.3. The van der Waals surface area contributed by atoms with Crippen LogP contribution >= 0.6 is 11.8 Å². The van der Waals surface area contributed by atoms with E-state index in [1.165, 1.54) is 108 Å². The number of carbonyl (C=O) groups excluding carboxylic acids is 2. The highest BCUT2D eigenvalue weighted by Crippen LogP contribution is 2.26. The third-order valence-corrected chi connectivity index (χ3v) is 8.73. The number of aryl methyl sites for hydroxylation is 1. The maximum Gasteiger partial charge on any atom is 0.339 e. The molecule has 2 aromatic carbocycles. The maximum atomic E-state index is 12.7. The number of nitrogens with one attached hydrogen (secondary N) is 1. The van der Waals surface area contributed by atoms with Crippen LogP contribution in [0.2, 0.25) is 0 Å². The number of benzene rings is 2. The molecule has 45 heavy (non-hydrogen) atoms. The van der Waals surface area contributed by atoms with Crippen LogP contribution in [-0.4, -0.2) is 30.3 Å². The van der Waals surface area contributed by atoms with Crippen LogP contribution in [0.1, 0.15) is 153 Å². The van der Waals surface area contributed by atoms with Gasteiger partial charge in [0.1, 0.15) is 11.4 Å². The van der Waals surface area contributed by atoms with E-state index in [-0.39, 0.29) is 11.9 Å². The Labute approximate surface area is 279 Å². The van der Waals surface area contributed by atoms with Crippen molar-refractivity contribution < 1.29 is 19.1 Å². The summed E-state index contributed by atoms with van der Waals surface area (Å²) >= 11 is 1.48. The van der Waals surface area contributed by atoms with Gasteiger partial charge in [-0.3, -0.25) is 4.79 Å². The number of rotatable bonds is 24. The number of ether oxygens (including phenoxy) is 2. The molecular formula is C39H61NO4S. The zero-order valence-corrected chi connectivity index (χ0v) is 29.8. The van der Waals surface area contributed by atoms with Crippen molar-refractivity contribution >= 4 is 29.3 Å². The average molecular weight is 640 g/mol. The molecule has 0 atom stereocenters. The van der Waals surface area contributed by atoms with Gasteiger partial charge in [0.05, 0.1) is 12.2 Å². The van der Waals surface area contributed by atoms with Crippen LogP contribution in [0.3, 0.4) is 0 Å². The van der Waals surface area contributed by atoms with E-state index in [1.54, 1.807) is 6.07 Å². The number of unbranched alkanes of at least 4 members (excludes halogenated alkanes) is 15. The van der Waals surface area contributed by atoms with Crippen molar-refractivity contribution in [2.24, 2.45) is 0 Å². The second kappa shape index (κ2) is 22.9. The van der Waals surface area contributed by atoms with Gasteiger partial charge in [-0.25, -0.2) is 4.79 Å². The lowest BCUT2D eigenvalue weighted by Crippen LogP contribution is -2.24. The van der Waals surface area contributed by atoms with Crippen molar-refractivity contribution in [1.29, 1.82) is 0 Å². The summed E-state index contributed by atoms with van der Waals surface area (Å²) in [4.78, 5) is 26.1. The number of hydrogen-bond donors (Lipinski definition) is 1. The SMILES string of the molecule is CCCCCCCCCCCCCCCCCCOc1ccc(CCC(=O)Nc2ccc(SC)c(C(=O)OC(C)(C)C)c2)cc1. The summed E-state index contributed by atoms with van der Waals surface area (Å²) < 4.78 is 11.5. The van der Waals surface area contributed by atoms with Crippen molar-refractivity contribution in [2.75, 3.05) is 18.2 Å². The minimum Gasteiger partial charge on any atom is -0.494 e. The van der Waals surface area contributed by atoms with E-state index in [2.05, 4.69) is 12.2 Å².